The molecule has 0 aromatic heterocycles. The van der Waals surface area contributed by atoms with E-state index in [1.165, 1.54) is 0 Å². The number of hydrogen-bond donors (Lipinski definition) is 1. The quantitative estimate of drug-likeness (QED) is 0.872. The molecule has 1 saturated carbocycles. The van der Waals surface area contributed by atoms with Crippen molar-refractivity contribution in [3.05, 3.63) is 33.8 Å². The largest absolute Gasteiger partial charge is 0.393 e. The molecule has 2 aliphatic rings. The number of rotatable bonds is 3. The minimum atomic E-state index is -0.199. The van der Waals surface area contributed by atoms with Crippen molar-refractivity contribution in [1.82, 2.24) is 4.90 Å². The highest BCUT2D eigenvalue weighted by Crippen LogP contribution is 2.38. The SMILES string of the molecule is O=C(CN1CC2CCC(O)C2C1)c1cc(Cl)ccc1Cl. The number of benzene rings is 1. The molecule has 108 valence electrons. The minimum Gasteiger partial charge on any atom is -0.393 e. The molecular weight excluding hydrogens is 297 g/mol. The van der Waals surface area contributed by atoms with Gasteiger partial charge in [-0.3, -0.25) is 9.69 Å². The zero-order valence-electron chi connectivity index (χ0n) is 11.1. The number of carbonyl (C=O) groups excluding carboxylic acids is 1. The number of ketones is 1. The molecular formula is C15H17Cl2NO2. The van der Waals surface area contributed by atoms with Crippen LogP contribution in [0.3, 0.4) is 0 Å². The topological polar surface area (TPSA) is 40.5 Å². The maximum Gasteiger partial charge on any atom is 0.178 e. The molecule has 5 heteroatoms. The van der Waals surface area contributed by atoms with Gasteiger partial charge in [-0.2, -0.15) is 0 Å². The molecule has 3 unspecified atom stereocenters. The third-order valence-corrected chi connectivity index (χ3v) is 5.06. The fraction of sp³-hybridized carbons (Fsp3) is 0.533. The first-order valence-electron chi connectivity index (χ1n) is 6.93. The summed E-state index contributed by atoms with van der Waals surface area (Å²) in [4.78, 5) is 14.4. The number of aliphatic hydroxyl groups excluding tert-OH is 1. The molecule has 0 amide bonds. The minimum absolute atomic E-state index is 0.00744. The van der Waals surface area contributed by atoms with Crippen molar-refractivity contribution in [3.8, 4) is 0 Å². The van der Waals surface area contributed by atoms with Gasteiger partial charge in [-0.15, -0.1) is 0 Å². The van der Waals surface area contributed by atoms with Crippen molar-refractivity contribution < 1.29 is 9.90 Å². The van der Waals surface area contributed by atoms with Crippen molar-refractivity contribution in [2.45, 2.75) is 18.9 Å². The Morgan fingerprint density at radius 1 is 1.30 bits per heavy atom. The Morgan fingerprint density at radius 3 is 2.85 bits per heavy atom. The highest BCUT2D eigenvalue weighted by molar-refractivity contribution is 6.36. The Hall–Kier alpha value is -0.610. The van der Waals surface area contributed by atoms with E-state index in [-0.39, 0.29) is 11.9 Å². The molecule has 1 N–H and O–H groups in total. The first kappa shape index (κ1) is 14.3. The Morgan fingerprint density at radius 2 is 2.10 bits per heavy atom. The van der Waals surface area contributed by atoms with Crippen molar-refractivity contribution in [1.29, 1.82) is 0 Å². The summed E-state index contributed by atoms with van der Waals surface area (Å²) in [6, 6.07) is 4.95. The van der Waals surface area contributed by atoms with E-state index >= 15 is 0 Å². The maximum absolute atomic E-state index is 12.3. The molecule has 0 bridgehead atoms. The summed E-state index contributed by atoms with van der Waals surface area (Å²) >= 11 is 12.0. The normalized spacial score (nSPS) is 29.6. The molecule has 2 fully saturated rings. The van der Waals surface area contributed by atoms with Gasteiger partial charge in [0.1, 0.15) is 0 Å². The van der Waals surface area contributed by atoms with E-state index in [1.54, 1.807) is 18.2 Å². The van der Waals surface area contributed by atoms with E-state index in [9.17, 15) is 9.90 Å². The lowest BCUT2D eigenvalue weighted by molar-refractivity contribution is 0.0920. The average molecular weight is 314 g/mol. The monoisotopic (exact) mass is 313 g/mol. The lowest BCUT2D eigenvalue weighted by Crippen LogP contribution is -2.30. The maximum atomic E-state index is 12.3. The first-order chi connectivity index (χ1) is 9.54. The van der Waals surface area contributed by atoms with Gasteiger partial charge in [0.25, 0.3) is 0 Å². The predicted molar refractivity (Wildman–Crippen MR) is 79.5 cm³/mol. The van der Waals surface area contributed by atoms with Gasteiger partial charge in [0, 0.05) is 29.6 Å². The summed E-state index contributed by atoms with van der Waals surface area (Å²) < 4.78 is 0. The summed E-state index contributed by atoms with van der Waals surface area (Å²) in [6.07, 6.45) is 1.76. The van der Waals surface area contributed by atoms with Crippen LogP contribution in [0.15, 0.2) is 18.2 Å². The Balaban J connectivity index is 1.67. The average Bonchev–Trinajstić information content (AvgIpc) is 2.95. The summed E-state index contributed by atoms with van der Waals surface area (Å²) in [5.74, 6) is 0.859. The molecule has 3 nitrogen and oxygen atoms in total. The Labute approximate surface area is 128 Å². The van der Waals surface area contributed by atoms with Gasteiger partial charge >= 0.3 is 0 Å². The molecule has 1 saturated heterocycles. The molecule has 1 heterocycles. The fourth-order valence-corrected chi connectivity index (χ4v) is 3.85. The second-order valence-electron chi connectivity index (χ2n) is 5.81. The van der Waals surface area contributed by atoms with E-state index < -0.39 is 0 Å². The first-order valence-corrected chi connectivity index (χ1v) is 7.69. The van der Waals surface area contributed by atoms with Crippen LogP contribution in [0, 0.1) is 11.8 Å². The summed E-state index contributed by atoms with van der Waals surface area (Å²) in [6.45, 7) is 2.04. The van der Waals surface area contributed by atoms with Crippen LogP contribution < -0.4 is 0 Å². The van der Waals surface area contributed by atoms with E-state index in [0.717, 1.165) is 25.9 Å². The van der Waals surface area contributed by atoms with E-state index in [1.807, 2.05) is 0 Å². The van der Waals surface area contributed by atoms with Crippen LogP contribution in [0.4, 0.5) is 0 Å². The number of aliphatic hydroxyl groups is 1. The summed E-state index contributed by atoms with van der Waals surface area (Å²) in [7, 11) is 0. The van der Waals surface area contributed by atoms with Crippen LogP contribution in [0.1, 0.15) is 23.2 Å². The third kappa shape index (κ3) is 2.73. The number of hydrogen-bond acceptors (Lipinski definition) is 3. The van der Waals surface area contributed by atoms with Gasteiger partial charge in [-0.25, -0.2) is 0 Å². The predicted octanol–water partition coefficient (Wildman–Crippen LogP) is 2.88. The Bertz CT molecular complexity index is 535. The highest BCUT2D eigenvalue weighted by atomic mass is 35.5. The number of fused-ring (bicyclic) bond motifs is 1. The van der Waals surface area contributed by atoms with Gasteiger partial charge in [0.2, 0.25) is 0 Å². The standard InChI is InChI=1S/C15H17Cl2NO2/c16-10-2-3-13(17)11(5-10)15(20)8-18-6-9-1-4-14(19)12(9)7-18/h2-3,5,9,12,14,19H,1,4,6-8H2. The van der Waals surface area contributed by atoms with Crippen LogP contribution in [0.5, 0.6) is 0 Å². The van der Waals surface area contributed by atoms with Crippen LogP contribution >= 0.6 is 23.2 Å². The molecule has 20 heavy (non-hydrogen) atoms. The molecule has 1 aliphatic heterocycles. The van der Waals surface area contributed by atoms with Gasteiger partial charge in [0.05, 0.1) is 17.7 Å². The molecule has 1 aromatic rings. The number of likely N-dealkylation sites (tertiary alicyclic amines) is 1. The van der Waals surface area contributed by atoms with Crippen molar-refractivity contribution >= 4 is 29.0 Å². The number of nitrogens with zero attached hydrogens (tertiary/aromatic N) is 1. The Kier molecular flexibility index (Phi) is 4.04. The molecule has 1 aromatic carbocycles. The zero-order valence-corrected chi connectivity index (χ0v) is 12.6. The van der Waals surface area contributed by atoms with Crippen molar-refractivity contribution in [3.63, 3.8) is 0 Å². The molecule has 1 aliphatic carbocycles. The van der Waals surface area contributed by atoms with E-state index in [0.29, 0.717) is 34.0 Å². The smallest absolute Gasteiger partial charge is 0.178 e. The van der Waals surface area contributed by atoms with Crippen LogP contribution in [-0.2, 0) is 0 Å². The zero-order chi connectivity index (χ0) is 14.3. The number of halogens is 2. The third-order valence-electron chi connectivity index (χ3n) is 4.49. The number of carbonyl (C=O) groups is 1. The fourth-order valence-electron chi connectivity index (χ4n) is 3.46. The lowest BCUT2D eigenvalue weighted by atomic mass is 10.00. The van der Waals surface area contributed by atoms with Gasteiger partial charge in [0.15, 0.2) is 5.78 Å². The van der Waals surface area contributed by atoms with Crippen molar-refractivity contribution in [2.24, 2.45) is 11.8 Å². The van der Waals surface area contributed by atoms with Crippen LogP contribution in [0.25, 0.3) is 0 Å². The molecule has 3 atom stereocenters. The van der Waals surface area contributed by atoms with Crippen LogP contribution in [0.2, 0.25) is 10.0 Å². The number of Topliss-reactive ketones (excluding diaryl/α,β-unsaturated/α-hetero) is 1. The molecule has 0 spiro atoms. The second-order valence-corrected chi connectivity index (χ2v) is 6.65. The van der Waals surface area contributed by atoms with Crippen molar-refractivity contribution in [2.75, 3.05) is 19.6 Å². The summed E-state index contributed by atoms with van der Waals surface area (Å²) in [5.41, 5.74) is 0.483. The molecule has 0 radical (unpaired) electrons. The van der Waals surface area contributed by atoms with Gasteiger partial charge < -0.3 is 5.11 Å². The second kappa shape index (κ2) is 5.64. The van der Waals surface area contributed by atoms with E-state index in [2.05, 4.69) is 4.90 Å². The van der Waals surface area contributed by atoms with E-state index in [4.69, 9.17) is 23.2 Å². The molecule has 3 rings (SSSR count). The summed E-state index contributed by atoms with van der Waals surface area (Å²) in [5, 5.41) is 10.9. The highest BCUT2D eigenvalue weighted by Gasteiger charge is 2.42. The van der Waals surface area contributed by atoms with Gasteiger partial charge in [-0.1, -0.05) is 23.2 Å². The lowest BCUT2D eigenvalue weighted by Gasteiger charge is -2.17. The van der Waals surface area contributed by atoms with Gasteiger partial charge in [-0.05, 0) is 37.0 Å². The van der Waals surface area contributed by atoms with Crippen LogP contribution in [-0.4, -0.2) is 41.5 Å².